The molecule has 0 saturated heterocycles. The number of halogens is 1. The van der Waals surface area contributed by atoms with Crippen molar-refractivity contribution in [2.75, 3.05) is 0 Å². The summed E-state index contributed by atoms with van der Waals surface area (Å²) < 4.78 is 0.669. The molecule has 1 heterocycles. The molecule has 2 aromatic rings. The second kappa shape index (κ2) is 4.15. The van der Waals surface area contributed by atoms with E-state index >= 15 is 0 Å². The van der Waals surface area contributed by atoms with E-state index in [0.29, 0.717) is 15.6 Å². The van der Waals surface area contributed by atoms with E-state index in [1.165, 1.54) is 18.3 Å². The summed E-state index contributed by atoms with van der Waals surface area (Å²) in [6.45, 7) is -0.173. The molecule has 82 valence electrons. The molecule has 1 aromatic heterocycles. The largest absolute Gasteiger partial charge is 0.390 e. The number of pyridine rings is 1. The highest BCUT2D eigenvalue weighted by atomic mass is 79.9. The quantitative estimate of drug-likeness (QED) is 0.678. The molecule has 2 rings (SSSR count). The molecule has 0 radical (unpaired) electrons. The van der Waals surface area contributed by atoms with E-state index in [4.69, 9.17) is 5.11 Å². The van der Waals surface area contributed by atoms with Crippen LogP contribution in [0.4, 0.5) is 5.69 Å². The predicted octanol–water partition coefficient (Wildman–Crippen LogP) is 2.40. The van der Waals surface area contributed by atoms with Crippen LogP contribution in [0.3, 0.4) is 0 Å². The van der Waals surface area contributed by atoms with Gasteiger partial charge in [-0.1, -0.05) is 0 Å². The van der Waals surface area contributed by atoms with Gasteiger partial charge in [0.25, 0.3) is 5.69 Å². The van der Waals surface area contributed by atoms with Gasteiger partial charge in [0.05, 0.1) is 17.2 Å². The van der Waals surface area contributed by atoms with Gasteiger partial charge in [-0.05, 0) is 27.4 Å². The van der Waals surface area contributed by atoms with Crippen LogP contribution < -0.4 is 0 Å². The smallest absolute Gasteiger partial charge is 0.270 e. The van der Waals surface area contributed by atoms with Crippen LogP contribution in [0.15, 0.2) is 28.9 Å². The first-order chi connectivity index (χ1) is 7.63. The normalized spacial score (nSPS) is 10.6. The Kier molecular flexibility index (Phi) is 2.84. The molecule has 0 bridgehead atoms. The van der Waals surface area contributed by atoms with Gasteiger partial charge in [-0.25, -0.2) is 0 Å². The minimum atomic E-state index is -0.451. The SMILES string of the molecule is O=[N+]([O-])c1ccc2c(Br)c(CO)ncc2c1. The second-order valence-corrected chi connectivity index (χ2v) is 4.00. The molecule has 0 aliphatic heterocycles. The summed E-state index contributed by atoms with van der Waals surface area (Å²) in [5.74, 6) is 0. The van der Waals surface area contributed by atoms with E-state index in [2.05, 4.69) is 20.9 Å². The molecular weight excluding hydrogens is 276 g/mol. The van der Waals surface area contributed by atoms with E-state index < -0.39 is 4.92 Å². The zero-order valence-corrected chi connectivity index (χ0v) is 9.64. The van der Waals surface area contributed by atoms with E-state index in [-0.39, 0.29) is 12.3 Å². The molecule has 6 heteroatoms. The van der Waals surface area contributed by atoms with Gasteiger partial charge >= 0.3 is 0 Å². The Hall–Kier alpha value is -1.53. The van der Waals surface area contributed by atoms with Crippen LogP contribution in [0.1, 0.15) is 5.69 Å². The standard InChI is InChI=1S/C10H7BrN2O3/c11-10-8-2-1-7(13(15)16)3-6(8)4-12-9(10)5-14/h1-4,14H,5H2. The van der Waals surface area contributed by atoms with Gasteiger partial charge in [0, 0.05) is 28.2 Å². The first-order valence-electron chi connectivity index (χ1n) is 4.46. The fraction of sp³-hybridized carbons (Fsp3) is 0.100. The lowest BCUT2D eigenvalue weighted by Gasteiger charge is -2.04. The Morgan fingerprint density at radius 3 is 2.88 bits per heavy atom. The summed E-state index contributed by atoms with van der Waals surface area (Å²) >= 11 is 3.31. The van der Waals surface area contributed by atoms with Gasteiger partial charge in [-0.15, -0.1) is 0 Å². The molecule has 0 aliphatic carbocycles. The highest BCUT2D eigenvalue weighted by Crippen LogP contribution is 2.28. The number of hydrogen-bond donors (Lipinski definition) is 1. The summed E-state index contributed by atoms with van der Waals surface area (Å²) in [4.78, 5) is 14.1. The van der Waals surface area contributed by atoms with Gasteiger partial charge < -0.3 is 5.11 Å². The molecule has 1 aromatic carbocycles. The van der Waals surface area contributed by atoms with Crippen LogP contribution in [0, 0.1) is 10.1 Å². The van der Waals surface area contributed by atoms with E-state index in [0.717, 1.165) is 5.39 Å². The Morgan fingerprint density at radius 2 is 2.25 bits per heavy atom. The molecule has 16 heavy (non-hydrogen) atoms. The Bertz CT molecular complexity index is 571. The molecule has 0 amide bonds. The topological polar surface area (TPSA) is 76.3 Å². The minimum absolute atomic E-state index is 0.0259. The zero-order valence-electron chi connectivity index (χ0n) is 8.05. The number of aliphatic hydroxyl groups is 1. The van der Waals surface area contributed by atoms with Crippen molar-refractivity contribution in [2.45, 2.75) is 6.61 Å². The van der Waals surface area contributed by atoms with E-state index in [1.54, 1.807) is 6.07 Å². The fourth-order valence-electron chi connectivity index (χ4n) is 1.44. The van der Waals surface area contributed by atoms with E-state index in [9.17, 15) is 10.1 Å². The minimum Gasteiger partial charge on any atom is -0.390 e. The lowest BCUT2D eigenvalue weighted by molar-refractivity contribution is -0.384. The summed E-state index contributed by atoms with van der Waals surface area (Å²) in [6.07, 6.45) is 1.51. The molecule has 0 unspecified atom stereocenters. The third-order valence-electron chi connectivity index (χ3n) is 2.25. The maximum absolute atomic E-state index is 10.6. The average Bonchev–Trinajstić information content (AvgIpc) is 2.29. The first-order valence-corrected chi connectivity index (χ1v) is 5.25. The Labute approximate surface area is 99.0 Å². The number of nitro benzene ring substituents is 1. The van der Waals surface area contributed by atoms with Crippen molar-refractivity contribution in [3.05, 3.63) is 44.7 Å². The molecule has 0 fully saturated rings. The van der Waals surface area contributed by atoms with Crippen LogP contribution in [-0.2, 0) is 6.61 Å². The fourth-order valence-corrected chi connectivity index (χ4v) is 2.03. The van der Waals surface area contributed by atoms with Crippen molar-refractivity contribution in [1.82, 2.24) is 4.98 Å². The molecule has 1 N–H and O–H groups in total. The lowest BCUT2D eigenvalue weighted by atomic mass is 10.1. The van der Waals surface area contributed by atoms with E-state index in [1.807, 2.05) is 0 Å². The zero-order chi connectivity index (χ0) is 11.7. The molecule has 0 atom stereocenters. The van der Waals surface area contributed by atoms with Crippen LogP contribution >= 0.6 is 15.9 Å². The third kappa shape index (κ3) is 1.77. The summed E-state index contributed by atoms with van der Waals surface area (Å²) in [5, 5.41) is 21.1. The van der Waals surface area contributed by atoms with Gasteiger partial charge in [0.15, 0.2) is 0 Å². The molecule has 0 aliphatic rings. The third-order valence-corrected chi connectivity index (χ3v) is 3.13. The number of benzene rings is 1. The van der Waals surface area contributed by atoms with Crippen LogP contribution in [0.5, 0.6) is 0 Å². The predicted molar refractivity (Wildman–Crippen MR) is 62.0 cm³/mol. The number of nitrogens with zero attached hydrogens (tertiary/aromatic N) is 2. The van der Waals surface area contributed by atoms with Crippen LogP contribution in [0.25, 0.3) is 10.8 Å². The average molecular weight is 283 g/mol. The van der Waals surface area contributed by atoms with Crippen molar-refractivity contribution in [3.63, 3.8) is 0 Å². The molecule has 5 nitrogen and oxygen atoms in total. The molecular formula is C10H7BrN2O3. The monoisotopic (exact) mass is 282 g/mol. The number of non-ortho nitro benzene ring substituents is 1. The number of rotatable bonds is 2. The number of fused-ring (bicyclic) bond motifs is 1. The summed E-state index contributed by atoms with van der Waals surface area (Å²) in [7, 11) is 0. The van der Waals surface area contributed by atoms with Gasteiger partial charge in [-0.2, -0.15) is 0 Å². The number of hydrogen-bond acceptors (Lipinski definition) is 4. The Morgan fingerprint density at radius 1 is 1.50 bits per heavy atom. The van der Waals surface area contributed by atoms with Gasteiger partial charge in [0.2, 0.25) is 0 Å². The van der Waals surface area contributed by atoms with Crippen LogP contribution in [0.2, 0.25) is 0 Å². The van der Waals surface area contributed by atoms with Crippen molar-refractivity contribution in [2.24, 2.45) is 0 Å². The maximum atomic E-state index is 10.6. The highest BCUT2D eigenvalue weighted by Gasteiger charge is 2.10. The van der Waals surface area contributed by atoms with Gasteiger partial charge in [0.1, 0.15) is 0 Å². The van der Waals surface area contributed by atoms with Crippen molar-refractivity contribution >= 4 is 32.4 Å². The molecule has 0 saturated carbocycles. The second-order valence-electron chi connectivity index (χ2n) is 3.21. The summed E-state index contributed by atoms with van der Waals surface area (Å²) in [5.41, 5.74) is 0.541. The Balaban J connectivity index is 2.69. The maximum Gasteiger partial charge on any atom is 0.270 e. The van der Waals surface area contributed by atoms with Gasteiger partial charge in [-0.3, -0.25) is 15.1 Å². The lowest BCUT2D eigenvalue weighted by Crippen LogP contribution is -1.93. The number of nitro groups is 1. The molecule has 0 spiro atoms. The van der Waals surface area contributed by atoms with Crippen molar-refractivity contribution < 1.29 is 10.0 Å². The number of aromatic nitrogens is 1. The highest BCUT2D eigenvalue weighted by molar-refractivity contribution is 9.10. The van der Waals surface area contributed by atoms with Crippen molar-refractivity contribution in [1.29, 1.82) is 0 Å². The first kappa shape index (κ1) is 11.0. The number of aliphatic hydroxyl groups excluding tert-OH is 1. The summed E-state index contributed by atoms with van der Waals surface area (Å²) in [6, 6.07) is 4.51. The van der Waals surface area contributed by atoms with Crippen LogP contribution in [-0.4, -0.2) is 15.0 Å². The van der Waals surface area contributed by atoms with Crippen molar-refractivity contribution in [3.8, 4) is 0 Å².